The van der Waals surface area contributed by atoms with Crippen LogP contribution in [0.2, 0.25) is 0 Å². The minimum absolute atomic E-state index is 0.0602. The van der Waals surface area contributed by atoms with Gasteiger partial charge in [0.05, 0.1) is 11.5 Å². The van der Waals surface area contributed by atoms with Crippen molar-refractivity contribution in [3.8, 4) is 0 Å². The summed E-state index contributed by atoms with van der Waals surface area (Å²) in [5.74, 6) is -0.779. The van der Waals surface area contributed by atoms with E-state index < -0.39 is 15.8 Å². The third-order valence-electron chi connectivity index (χ3n) is 2.47. The van der Waals surface area contributed by atoms with Crippen LogP contribution in [0.5, 0.6) is 0 Å². The molecule has 0 bridgehead atoms. The minimum atomic E-state index is -3.14. The molecule has 0 aliphatic heterocycles. The average Bonchev–Trinajstić information content (AvgIpc) is 2.64. The molecule has 96 valence electrons. The highest BCUT2D eigenvalue weighted by Gasteiger charge is 2.17. The van der Waals surface area contributed by atoms with E-state index in [9.17, 15) is 13.2 Å². The van der Waals surface area contributed by atoms with E-state index in [4.69, 9.17) is 5.11 Å². The molecule has 0 spiro atoms. The summed E-state index contributed by atoms with van der Waals surface area (Å²) in [7, 11) is -3.14. The van der Waals surface area contributed by atoms with Crippen LogP contribution in [0, 0.1) is 5.92 Å². The van der Waals surface area contributed by atoms with Crippen molar-refractivity contribution in [2.45, 2.75) is 26.0 Å². The number of hydrogen-bond acceptors (Lipinski definition) is 4. The van der Waals surface area contributed by atoms with E-state index in [1.807, 2.05) is 13.8 Å². The van der Waals surface area contributed by atoms with Crippen LogP contribution in [0.3, 0.4) is 0 Å². The number of sulfone groups is 1. The molecule has 0 saturated carbocycles. The first-order valence-corrected chi connectivity index (χ1v) is 8.00. The van der Waals surface area contributed by atoms with Gasteiger partial charge in [-0.15, -0.1) is 11.3 Å². The van der Waals surface area contributed by atoms with Crippen LogP contribution < -0.4 is 0 Å². The smallest absolute Gasteiger partial charge is 0.345 e. The summed E-state index contributed by atoms with van der Waals surface area (Å²) in [5, 5.41) is 8.74. The van der Waals surface area contributed by atoms with Gasteiger partial charge in [-0.25, -0.2) is 13.2 Å². The van der Waals surface area contributed by atoms with Crippen LogP contribution in [0.4, 0.5) is 0 Å². The Labute approximate surface area is 105 Å². The monoisotopic (exact) mass is 276 g/mol. The lowest BCUT2D eigenvalue weighted by Crippen LogP contribution is -2.14. The van der Waals surface area contributed by atoms with Crippen LogP contribution >= 0.6 is 11.3 Å². The zero-order valence-corrected chi connectivity index (χ0v) is 11.5. The van der Waals surface area contributed by atoms with Gasteiger partial charge in [0, 0.05) is 4.88 Å². The number of carboxylic acids is 1. The van der Waals surface area contributed by atoms with E-state index in [-0.39, 0.29) is 22.3 Å². The SMILES string of the molecule is CCC(C)CS(=O)(=O)Cc1ccc(C(=O)O)s1. The third kappa shape index (κ3) is 4.47. The van der Waals surface area contributed by atoms with Crippen molar-refractivity contribution in [3.63, 3.8) is 0 Å². The van der Waals surface area contributed by atoms with Gasteiger partial charge in [0.2, 0.25) is 0 Å². The lowest BCUT2D eigenvalue weighted by atomic mass is 10.2. The van der Waals surface area contributed by atoms with Gasteiger partial charge in [-0.3, -0.25) is 0 Å². The fourth-order valence-corrected chi connectivity index (χ4v) is 4.56. The molecule has 1 N–H and O–H groups in total. The molecule has 1 unspecified atom stereocenters. The molecule has 0 aliphatic carbocycles. The van der Waals surface area contributed by atoms with Gasteiger partial charge in [0.15, 0.2) is 9.84 Å². The average molecular weight is 276 g/mol. The maximum Gasteiger partial charge on any atom is 0.345 e. The van der Waals surface area contributed by atoms with Crippen molar-refractivity contribution >= 4 is 27.1 Å². The Hall–Kier alpha value is -0.880. The van der Waals surface area contributed by atoms with E-state index in [2.05, 4.69) is 0 Å². The van der Waals surface area contributed by atoms with Crippen molar-refractivity contribution in [2.75, 3.05) is 5.75 Å². The first kappa shape index (κ1) is 14.2. The maximum atomic E-state index is 11.8. The molecule has 0 amide bonds. The highest BCUT2D eigenvalue weighted by molar-refractivity contribution is 7.90. The molecule has 17 heavy (non-hydrogen) atoms. The van der Waals surface area contributed by atoms with Crippen LogP contribution in [0.1, 0.15) is 34.8 Å². The van der Waals surface area contributed by atoms with E-state index in [1.54, 1.807) is 6.07 Å². The summed E-state index contributed by atoms with van der Waals surface area (Å²) in [5.41, 5.74) is 0. The molecular weight excluding hydrogens is 260 g/mol. The Morgan fingerprint density at radius 1 is 1.47 bits per heavy atom. The molecule has 4 nitrogen and oxygen atoms in total. The summed E-state index contributed by atoms with van der Waals surface area (Å²) >= 11 is 1.02. The molecule has 1 heterocycles. The fraction of sp³-hybridized carbons (Fsp3) is 0.545. The largest absolute Gasteiger partial charge is 0.477 e. The molecule has 1 atom stereocenters. The van der Waals surface area contributed by atoms with E-state index in [1.165, 1.54) is 6.07 Å². The van der Waals surface area contributed by atoms with Crippen LogP contribution in [-0.2, 0) is 15.6 Å². The number of rotatable bonds is 6. The molecule has 1 aromatic rings. The van der Waals surface area contributed by atoms with Crippen molar-refractivity contribution in [3.05, 3.63) is 21.9 Å². The second kappa shape index (κ2) is 5.64. The molecule has 0 aromatic carbocycles. The number of carbonyl (C=O) groups is 1. The van der Waals surface area contributed by atoms with Crippen molar-refractivity contribution in [1.29, 1.82) is 0 Å². The Kier molecular flexibility index (Phi) is 4.70. The molecule has 0 saturated heterocycles. The predicted octanol–water partition coefficient (Wildman–Crippen LogP) is 2.41. The van der Waals surface area contributed by atoms with Crippen LogP contribution in [-0.4, -0.2) is 25.2 Å². The quantitative estimate of drug-likeness (QED) is 0.866. The summed E-state index contributed by atoms with van der Waals surface area (Å²) in [6.45, 7) is 3.85. The normalized spacial score (nSPS) is 13.5. The highest BCUT2D eigenvalue weighted by atomic mass is 32.2. The van der Waals surface area contributed by atoms with Gasteiger partial charge >= 0.3 is 5.97 Å². The Balaban J connectivity index is 2.73. The summed E-state index contributed by atoms with van der Waals surface area (Å²) in [4.78, 5) is 11.4. The summed E-state index contributed by atoms with van der Waals surface area (Å²) < 4.78 is 23.6. The molecule has 0 radical (unpaired) electrons. The second-order valence-electron chi connectivity index (χ2n) is 4.14. The maximum absolute atomic E-state index is 11.8. The van der Waals surface area contributed by atoms with Crippen LogP contribution in [0.25, 0.3) is 0 Å². The van der Waals surface area contributed by atoms with Crippen molar-refractivity contribution in [2.24, 2.45) is 5.92 Å². The molecule has 0 aliphatic rings. The highest BCUT2D eigenvalue weighted by Crippen LogP contribution is 2.20. The summed E-state index contributed by atoms with van der Waals surface area (Å²) in [6, 6.07) is 3.02. The first-order chi connectivity index (χ1) is 7.84. The number of hydrogen-bond donors (Lipinski definition) is 1. The Morgan fingerprint density at radius 2 is 2.12 bits per heavy atom. The van der Waals surface area contributed by atoms with Crippen LogP contribution in [0.15, 0.2) is 12.1 Å². The standard InChI is InChI=1S/C11H16O4S2/c1-3-8(2)6-17(14,15)7-9-4-5-10(16-9)11(12)13/h4-5,8H,3,6-7H2,1-2H3,(H,12,13). The van der Waals surface area contributed by atoms with E-state index in [0.29, 0.717) is 4.88 Å². The number of aromatic carboxylic acids is 1. The Morgan fingerprint density at radius 3 is 2.59 bits per heavy atom. The molecule has 1 rings (SSSR count). The lowest BCUT2D eigenvalue weighted by Gasteiger charge is -2.08. The summed E-state index contributed by atoms with van der Waals surface area (Å²) in [6.07, 6.45) is 0.823. The number of carboxylic acid groups (broad SMARTS) is 1. The van der Waals surface area contributed by atoms with Gasteiger partial charge in [-0.05, 0) is 18.1 Å². The van der Waals surface area contributed by atoms with Gasteiger partial charge in [0.1, 0.15) is 4.88 Å². The minimum Gasteiger partial charge on any atom is -0.477 e. The fourth-order valence-electron chi connectivity index (χ4n) is 1.40. The second-order valence-corrected chi connectivity index (χ2v) is 7.42. The van der Waals surface area contributed by atoms with Gasteiger partial charge in [-0.2, -0.15) is 0 Å². The lowest BCUT2D eigenvalue weighted by molar-refractivity contribution is 0.0702. The molecule has 6 heteroatoms. The van der Waals surface area contributed by atoms with E-state index >= 15 is 0 Å². The first-order valence-electron chi connectivity index (χ1n) is 5.36. The predicted molar refractivity (Wildman–Crippen MR) is 68.2 cm³/mol. The van der Waals surface area contributed by atoms with Crippen molar-refractivity contribution < 1.29 is 18.3 Å². The molecular formula is C11H16O4S2. The zero-order valence-electron chi connectivity index (χ0n) is 9.84. The number of thiophene rings is 1. The van der Waals surface area contributed by atoms with Gasteiger partial charge < -0.3 is 5.11 Å². The van der Waals surface area contributed by atoms with E-state index in [0.717, 1.165) is 17.8 Å². The molecule has 0 fully saturated rings. The topological polar surface area (TPSA) is 71.4 Å². The zero-order chi connectivity index (χ0) is 13.1. The third-order valence-corrected chi connectivity index (χ3v) is 5.55. The van der Waals surface area contributed by atoms with Gasteiger partial charge in [-0.1, -0.05) is 20.3 Å². The Bertz CT molecular complexity index is 487. The molecule has 1 aromatic heterocycles. The van der Waals surface area contributed by atoms with Gasteiger partial charge in [0.25, 0.3) is 0 Å². The van der Waals surface area contributed by atoms with Crippen molar-refractivity contribution in [1.82, 2.24) is 0 Å².